The van der Waals surface area contributed by atoms with Gasteiger partial charge < -0.3 is 29.4 Å². The highest BCUT2D eigenvalue weighted by atomic mass is 15.3. The largest absolute Gasteiger partial charge is 0.370 e. The van der Waals surface area contributed by atoms with Gasteiger partial charge in [-0.15, -0.1) is 0 Å². The van der Waals surface area contributed by atoms with Gasteiger partial charge in [-0.2, -0.15) is 0 Å². The van der Waals surface area contributed by atoms with E-state index in [4.69, 9.17) is 19.9 Å². The molecular formula is C38H62N10. The maximum atomic E-state index is 5.58. The normalized spacial score (nSPS) is 11.5. The molecule has 0 saturated heterocycles. The van der Waals surface area contributed by atoms with Gasteiger partial charge in [-0.25, -0.2) is 19.9 Å². The molecule has 0 aliphatic carbocycles. The summed E-state index contributed by atoms with van der Waals surface area (Å²) in [6, 6.07) is 4.74. The summed E-state index contributed by atoms with van der Waals surface area (Å²) in [5.74, 6) is 3.70. The summed E-state index contributed by atoms with van der Waals surface area (Å²) >= 11 is 0. The Morgan fingerprint density at radius 3 is 0.729 bits per heavy atom. The summed E-state index contributed by atoms with van der Waals surface area (Å²) in [6.45, 7) is 37.0. The van der Waals surface area contributed by atoms with Crippen LogP contribution in [-0.4, -0.2) is 98.5 Å². The molecule has 0 bridgehead atoms. The van der Waals surface area contributed by atoms with Crippen LogP contribution in [0.4, 0.5) is 34.6 Å². The lowest BCUT2D eigenvalue weighted by atomic mass is 10.0. The van der Waals surface area contributed by atoms with E-state index in [2.05, 4.69) is 125 Å². The van der Waals surface area contributed by atoms with E-state index < -0.39 is 0 Å². The molecule has 48 heavy (non-hydrogen) atoms. The van der Waals surface area contributed by atoms with Crippen LogP contribution in [0.3, 0.4) is 0 Å². The van der Waals surface area contributed by atoms with Gasteiger partial charge in [0.05, 0.1) is 11.4 Å². The van der Waals surface area contributed by atoms with E-state index >= 15 is 0 Å². The molecule has 0 amide bonds. The number of anilines is 6. The summed E-state index contributed by atoms with van der Waals surface area (Å²) < 4.78 is 0. The van der Waals surface area contributed by atoms with Crippen molar-refractivity contribution in [3.05, 3.63) is 12.1 Å². The number of fused-ring (bicyclic) bond motifs is 6. The van der Waals surface area contributed by atoms with Gasteiger partial charge in [-0.1, -0.05) is 0 Å². The van der Waals surface area contributed by atoms with Crippen molar-refractivity contribution in [2.45, 2.75) is 83.1 Å². The molecule has 2 aromatic heterocycles. The number of benzene rings is 2. The Bertz CT molecular complexity index is 1300. The first-order chi connectivity index (χ1) is 23.3. The molecule has 0 atom stereocenters. The van der Waals surface area contributed by atoms with Gasteiger partial charge in [-0.05, 0) is 95.2 Å². The van der Waals surface area contributed by atoms with Gasteiger partial charge >= 0.3 is 0 Å². The maximum Gasteiger partial charge on any atom is 0.172 e. The van der Waals surface area contributed by atoms with E-state index in [1.807, 2.05) is 0 Å². The molecule has 0 N–H and O–H groups in total. The Morgan fingerprint density at radius 1 is 0.312 bits per heavy atom. The highest BCUT2D eigenvalue weighted by Gasteiger charge is 2.27. The second-order valence-corrected chi connectivity index (χ2v) is 12.1. The molecular weight excluding hydrogens is 596 g/mol. The molecule has 0 aliphatic heterocycles. The van der Waals surface area contributed by atoms with E-state index in [0.717, 1.165) is 135 Å². The van der Waals surface area contributed by atoms with Gasteiger partial charge in [0, 0.05) is 89.3 Å². The molecule has 0 radical (unpaired) electrons. The Kier molecular flexibility index (Phi) is 12.7. The fraction of sp³-hybridized carbons (Fsp3) is 0.632. The zero-order valence-corrected chi connectivity index (χ0v) is 32.1. The Hall–Kier alpha value is -3.82. The van der Waals surface area contributed by atoms with Crippen LogP contribution in [0.2, 0.25) is 0 Å². The molecule has 0 saturated carbocycles. The molecule has 264 valence electrons. The Morgan fingerprint density at radius 2 is 0.521 bits per heavy atom. The van der Waals surface area contributed by atoms with Gasteiger partial charge in [0.15, 0.2) is 23.3 Å². The van der Waals surface area contributed by atoms with Gasteiger partial charge in [0.2, 0.25) is 0 Å². The van der Waals surface area contributed by atoms with Crippen molar-refractivity contribution in [3.63, 3.8) is 0 Å². The Labute approximate surface area is 290 Å². The van der Waals surface area contributed by atoms with Crippen LogP contribution in [0.1, 0.15) is 83.1 Å². The monoisotopic (exact) mass is 659 g/mol. The molecule has 10 heteroatoms. The van der Waals surface area contributed by atoms with Crippen molar-refractivity contribution in [2.75, 3.05) is 108 Å². The Balaban J connectivity index is 2.38. The SMILES string of the molecule is CCN(CC)c1cc2c(cc1N(CC)CC)c1nc(N(CC)CC)c(N(CC)CC)nc1c1nc(N(CC)CC)c(N(CC)CC)nc21. The molecule has 2 aromatic carbocycles. The first-order valence-corrected chi connectivity index (χ1v) is 18.8. The van der Waals surface area contributed by atoms with Crippen molar-refractivity contribution in [2.24, 2.45) is 0 Å². The molecule has 4 rings (SSSR count). The van der Waals surface area contributed by atoms with E-state index in [9.17, 15) is 0 Å². The lowest BCUT2D eigenvalue weighted by Crippen LogP contribution is -2.31. The third-order valence-corrected chi connectivity index (χ3v) is 10.0. The molecule has 4 aromatic rings. The standard InChI is InChI=1S/C38H62N10/c1-13-43(14-2)29-25-27-28(26-30(29)44(15-3)16-4)32-34(42-38(48(23-11)24-12)36(40-32)46(19-7)20-8)33-31(27)39-35(45(17-5)18-6)37(41-33)47(21-9)22-10/h25-26H,13-24H2,1-12H3. The van der Waals surface area contributed by atoms with Crippen molar-refractivity contribution < 1.29 is 0 Å². The number of hydrogen-bond donors (Lipinski definition) is 0. The second-order valence-electron chi connectivity index (χ2n) is 12.1. The van der Waals surface area contributed by atoms with Crippen LogP contribution in [-0.2, 0) is 0 Å². The molecule has 0 fully saturated rings. The first kappa shape index (κ1) is 37.0. The quantitative estimate of drug-likeness (QED) is 0.0989. The highest BCUT2D eigenvalue weighted by molar-refractivity contribution is 6.23. The zero-order chi connectivity index (χ0) is 35.1. The minimum absolute atomic E-state index is 0.823. The van der Waals surface area contributed by atoms with Crippen LogP contribution in [0, 0.1) is 0 Å². The fourth-order valence-corrected chi connectivity index (χ4v) is 7.09. The molecule has 10 nitrogen and oxygen atoms in total. The van der Waals surface area contributed by atoms with Crippen molar-refractivity contribution >= 4 is 67.5 Å². The number of nitrogens with zero attached hydrogens (tertiary/aromatic N) is 10. The lowest BCUT2D eigenvalue weighted by Gasteiger charge is -2.32. The fourth-order valence-electron chi connectivity index (χ4n) is 7.09. The van der Waals surface area contributed by atoms with Crippen LogP contribution < -0.4 is 29.4 Å². The number of hydrogen-bond acceptors (Lipinski definition) is 10. The summed E-state index contributed by atoms with van der Waals surface area (Å²) in [6.07, 6.45) is 0. The van der Waals surface area contributed by atoms with Crippen LogP contribution in [0.25, 0.3) is 32.8 Å². The van der Waals surface area contributed by atoms with E-state index in [-0.39, 0.29) is 0 Å². The summed E-state index contributed by atoms with van der Waals surface area (Å²) in [4.78, 5) is 36.5. The van der Waals surface area contributed by atoms with Crippen molar-refractivity contribution in [3.8, 4) is 0 Å². The predicted octanol–water partition coefficient (Wildman–Crippen LogP) is 7.80. The first-order valence-electron chi connectivity index (χ1n) is 18.8. The number of aromatic nitrogens is 4. The average molecular weight is 659 g/mol. The van der Waals surface area contributed by atoms with Crippen molar-refractivity contribution in [1.29, 1.82) is 0 Å². The van der Waals surface area contributed by atoms with Crippen molar-refractivity contribution in [1.82, 2.24) is 19.9 Å². The minimum atomic E-state index is 0.823. The summed E-state index contributed by atoms with van der Waals surface area (Å²) in [5.41, 5.74) is 5.89. The second kappa shape index (κ2) is 16.5. The smallest absolute Gasteiger partial charge is 0.172 e. The van der Waals surface area contributed by atoms with Gasteiger partial charge in [0.1, 0.15) is 22.1 Å². The lowest BCUT2D eigenvalue weighted by molar-refractivity contribution is 0.805. The zero-order valence-electron chi connectivity index (χ0n) is 32.1. The van der Waals surface area contributed by atoms with E-state index in [0.29, 0.717) is 0 Å². The molecule has 0 aliphatic rings. The minimum Gasteiger partial charge on any atom is -0.370 e. The third kappa shape index (κ3) is 6.59. The maximum absolute atomic E-state index is 5.58. The summed E-state index contributed by atoms with van der Waals surface area (Å²) in [5, 5.41) is 2.16. The number of rotatable bonds is 18. The van der Waals surface area contributed by atoms with E-state index in [1.54, 1.807) is 0 Å². The topological polar surface area (TPSA) is 71.0 Å². The van der Waals surface area contributed by atoms with Gasteiger partial charge in [0.25, 0.3) is 0 Å². The molecule has 2 heterocycles. The van der Waals surface area contributed by atoms with Gasteiger partial charge in [-0.3, -0.25) is 0 Å². The molecule has 0 unspecified atom stereocenters. The third-order valence-electron chi connectivity index (χ3n) is 10.0. The predicted molar refractivity (Wildman–Crippen MR) is 212 cm³/mol. The molecule has 0 spiro atoms. The van der Waals surface area contributed by atoms with Crippen LogP contribution >= 0.6 is 0 Å². The van der Waals surface area contributed by atoms with Crippen LogP contribution in [0.15, 0.2) is 12.1 Å². The summed E-state index contributed by atoms with van der Waals surface area (Å²) in [7, 11) is 0. The highest BCUT2D eigenvalue weighted by Crippen LogP contribution is 2.43. The van der Waals surface area contributed by atoms with Crippen LogP contribution in [0.5, 0.6) is 0 Å². The average Bonchev–Trinajstić information content (AvgIpc) is 3.12. The van der Waals surface area contributed by atoms with E-state index in [1.165, 1.54) is 11.4 Å².